The first-order valence-corrected chi connectivity index (χ1v) is 9.35. The molecule has 0 radical (unpaired) electrons. The summed E-state index contributed by atoms with van der Waals surface area (Å²) in [6.07, 6.45) is 2.80. The second kappa shape index (κ2) is 5.83. The molecule has 0 bridgehead atoms. The van der Waals surface area contributed by atoms with Gasteiger partial charge in [0.15, 0.2) is 21.3 Å². The average molecular weight is 324 g/mol. The van der Waals surface area contributed by atoms with Gasteiger partial charge in [0.2, 0.25) is 0 Å². The predicted molar refractivity (Wildman–Crippen MR) is 82.6 cm³/mol. The van der Waals surface area contributed by atoms with Crippen molar-refractivity contribution in [3.8, 4) is 0 Å². The van der Waals surface area contributed by atoms with Gasteiger partial charge in [-0.3, -0.25) is 4.79 Å². The van der Waals surface area contributed by atoms with E-state index in [0.717, 1.165) is 31.7 Å². The largest absolute Gasteiger partial charge is 0.355 e. The third kappa shape index (κ3) is 3.06. The molecule has 1 atom stereocenters. The predicted octanol–water partition coefficient (Wildman–Crippen LogP) is 0.336. The Balaban J connectivity index is 1.69. The third-order valence-corrected chi connectivity index (χ3v) is 6.13. The Hall–Kier alpha value is -1.70. The Morgan fingerprint density at radius 2 is 2.00 bits per heavy atom. The van der Waals surface area contributed by atoms with Crippen molar-refractivity contribution in [3.63, 3.8) is 0 Å². The van der Waals surface area contributed by atoms with Crippen LogP contribution in [0.5, 0.6) is 0 Å². The Morgan fingerprint density at radius 1 is 1.27 bits per heavy atom. The fourth-order valence-corrected chi connectivity index (χ4v) is 4.76. The van der Waals surface area contributed by atoms with E-state index in [9.17, 15) is 13.2 Å². The van der Waals surface area contributed by atoms with Crippen LogP contribution in [0, 0.1) is 0 Å². The van der Waals surface area contributed by atoms with Crippen molar-refractivity contribution in [3.05, 3.63) is 17.8 Å². The Kier molecular flexibility index (Phi) is 4.03. The molecule has 0 N–H and O–H groups in total. The van der Waals surface area contributed by atoms with Crippen molar-refractivity contribution in [1.29, 1.82) is 0 Å². The molecule has 3 rings (SSSR count). The van der Waals surface area contributed by atoms with Gasteiger partial charge in [-0.25, -0.2) is 8.42 Å². The van der Waals surface area contributed by atoms with Crippen LogP contribution in [-0.4, -0.2) is 67.1 Å². The van der Waals surface area contributed by atoms with E-state index < -0.39 is 9.84 Å². The molecule has 2 saturated heterocycles. The quantitative estimate of drug-likeness (QED) is 0.797. The molecular weight excluding hydrogens is 304 g/mol. The van der Waals surface area contributed by atoms with Gasteiger partial charge in [-0.15, -0.1) is 10.2 Å². The Labute approximate surface area is 130 Å². The lowest BCUT2D eigenvalue weighted by Crippen LogP contribution is -2.38. The normalized spacial score (nSPS) is 23.7. The van der Waals surface area contributed by atoms with Crippen molar-refractivity contribution in [2.24, 2.45) is 0 Å². The highest BCUT2D eigenvalue weighted by Gasteiger charge is 2.33. The zero-order chi connectivity index (χ0) is 15.7. The summed E-state index contributed by atoms with van der Waals surface area (Å²) in [7, 11) is -1.38. The van der Waals surface area contributed by atoms with Crippen LogP contribution in [0.4, 0.5) is 5.82 Å². The Morgan fingerprint density at radius 3 is 2.55 bits per heavy atom. The Bertz CT molecular complexity index is 653. The lowest BCUT2D eigenvalue weighted by Gasteiger charge is -2.23. The highest BCUT2D eigenvalue weighted by molar-refractivity contribution is 7.91. The minimum atomic E-state index is -3.01. The number of anilines is 1. The van der Waals surface area contributed by atoms with Crippen LogP contribution in [0.1, 0.15) is 29.8 Å². The van der Waals surface area contributed by atoms with E-state index in [1.54, 1.807) is 13.1 Å². The molecule has 2 aliphatic rings. The molecular formula is C14H20N4O3S. The molecule has 120 valence electrons. The highest BCUT2D eigenvalue weighted by Crippen LogP contribution is 2.19. The SMILES string of the molecule is CN(C(=O)c1ccc(N2CCCC2)nn1)C1CCS(=O)(=O)C1. The number of hydrogen-bond acceptors (Lipinski definition) is 6. The molecule has 0 spiro atoms. The number of carbonyl (C=O) groups is 1. The van der Waals surface area contributed by atoms with Gasteiger partial charge in [-0.2, -0.15) is 0 Å². The summed E-state index contributed by atoms with van der Waals surface area (Å²) in [4.78, 5) is 16.0. The molecule has 1 aromatic rings. The number of aromatic nitrogens is 2. The van der Waals surface area contributed by atoms with Crippen molar-refractivity contribution in [2.75, 3.05) is 36.5 Å². The molecule has 0 aromatic carbocycles. The topological polar surface area (TPSA) is 83.5 Å². The van der Waals surface area contributed by atoms with Crippen LogP contribution in [0.15, 0.2) is 12.1 Å². The summed E-state index contributed by atoms with van der Waals surface area (Å²) in [5, 5.41) is 8.15. The highest BCUT2D eigenvalue weighted by atomic mass is 32.2. The number of hydrogen-bond donors (Lipinski definition) is 0. The zero-order valence-corrected chi connectivity index (χ0v) is 13.4. The van der Waals surface area contributed by atoms with Crippen molar-refractivity contribution in [1.82, 2.24) is 15.1 Å². The minimum Gasteiger partial charge on any atom is -0.355 e. The van der Waals surface area contributed by atoms with Gasteiger partial charge in [0.1, 0.15) is 0 Å². The fourth-order valence-electron chi connectivity index (χ4n) is 2.98. The van der Waals surface area contributed by atoms with Crippen LogP contribution in [-0.2, 0) is 9.84 Å². The number of carbonyl (C=O) groups excluding carboxylic acids is 1. The summed E-state index contributed by atoms with van der Waals surface area (Å²) < 4.78 is 23.0. The summed E-state index contributed by atoms with van der Waals surface area (Å²) in [6, 6.07) is 3.21. The van der Waals surface area contributed by atoms with Gasteiger partial charge in [0.05, 0.1) is 11.5 Å². The van der Waals surface area contributed by atoms with Gasteiger partial charge in [0, 0.05) is 26.2 Å². The smallest absolute Gasteiger partial charge is 0.274 e. The molecule has 7 nitrogen and oxygen atoms in total. The zero-order valence-electron chi connectivity index (χ0n) is 12.6. The minimum absolute atomic E-state index is 0.0362. The van der Waals surface area contributed by atoms with E-state index >= 15 is 0 Å². The van der Waals surface area contributed by atoms with E-state index in [1.807, 2.05) is 6.07 Å². The molecule has 0 saturated carbocycles. The molecule has 22 heavy (non-hydrogen) atoms. The third-order valence-electron chi connectivity index (χ3n) is 4.38. The van der Waals surface area contributed by atoms with Gasteiger partial charge < -0.3 is 9.80 Å². The number of amides is 1. The van der Waals surface area contributed by atoms with Crippen molar-refractivity contribution in [2.45, 2.75) is 25.3 Å². The second-order valence-corrected chi connectivity index (χ2v) is 8.17. The number of rotatable bonds is 3. The van der Waals surface area contributed by atoms with Crippen LogP contribution in [0.25, 0.3) is 0 Å². The van der Waals surface area contributed by atoms with E-state index in [0.29, 0.717) is 6.42 Å². The molecule has 3 heterocycles. The maximum absolute atomic E-state index is 12.4. The molecule has 1 unspecified atom stereocenters. The molecule has 2 aliphatic heterocycles. The van der Waals surface area contributed by atoms with Crippen LogP contribution >= 0.6 is 0 Å². The molecule has 2 fully saturated rings. The molecule has 1 amide bonds. The molecule has 1 aromatic heterocycles. The van der Waals surface area contributed by atoms with Crippen molar-refractivity contribution >= 4 is 21.6 Å². The van der Waals surface area contributed by atoms with Crippen LogP contribution in [0.2, 0.25) is 0 Å². The van der Waals surface area contributed by atoms with E-state index in [4.69, 9.17) is 0 Å². The first kappa shape index (κ1) is 15.2. The standard InChI is InChI=1S/C14H20N4O3S/c1-17(11-6-9-22(20,21)10-11)14(19)12-4-5-13(16-15-12)18-7-2-3-8-18/h4-5,11H,2-3,6-10H2,1H3. The maximum atomic E-state index is 12.4. The van der Waals surface area contributed by atoms with Gasteiger partial charge >= 0.3 is 0 Å². The second-order valence-electron chi connectivity index (χ2n) is 5.94. The summed E-state index contributed by atoms with van der Waals surface area (Å²) in [6.45, 7) is 1.95. The van der Waals surface area contributed by atoms with E-state index in [1.165, 1.54) is 4.90 Å². The van der Waals surface area contributed by atoms with Gasteiger partial charge in [-0.05, 0) is 31.4 Å². The monoisotopic (exact) mass is 324 g/mol. The average Bonchev–Trinajstić information content (AvgIpc) is 3.15. The van der Waals surface area contributed by atoms with Gasteiger partial charge in [-0.1, -0.05) is 0 Å². The fraction of sp³-hybridized carbons (Fsp3) is 0.643. The molecule has 8 heteroatoms. The van der Waals surface area contributed by atoms with Gasteiger partial charge in [0.25, 0.3) is 5.91 Å². The summed E-state index contributed by atoms with van der Waals surface area (Å²) >= 11 is 0. The first-order valence-electron chi connectivity index (χ1n) is 7.52. The summed E-state index contributed by atoms with van der Waals surface area (Å²) in [5.41, 5.74) is 0.259. The molecule has 0 aliphatic carbocycles. The van der Waals surface area contributed by atoms with Crippen LogP contribution in [0.3, 0.4) is 0 Å². The van der Waals surface area contributed by atoms with Crippen molar-refractivity contribution < 1.29 is 13.2 Å². The number of sulfone groups is 1. The number of nitrogens with zero attached hydrogens (tertiary/aromatic N) is 4. The maximum Gasteiger partial charge on any atom is 0.274 e. The van der Waals surface area contributed by atoms with Crippen LogP contribution < -0.4 is 4.90 Å². The van der Waals surface area contributed by atoms with E-state index in [2.05, 4.69) is 15.1 Å². The lowest BCUT2D eigenvalue weighted by atomic mass is 10.2. The lowest BCUT2D eigenvalue weighted by molar-refractivity contribution is 0.0740. The van der Waals surface area contributed by atoms with E-state index in [-0.39, 0.29) is 29.1 Å². The first-order chi connectivity index (χ1) is 10.5. The summed E-state index contributed by atoms with van der Waals surface area (Å²) in [5.74, 6) is 0.700.